The number of para-hydroxylation sites is 1. The molecule has 0 spiro atoms. The average Bonchev–Trinajstić information content (AvgIpc) is 2.46. The zero-order valence-corrected chi connectivity index (χ0v) is 13.4. The van der Waals surface area contributed by atoms with Crippen molar-refractivity contribution in [1.82, 2.24) is 5.32 Å². The molecule has 1 unspecified atom stereocenters. The Morgan fingerprint density at radius 2 is 2.05 bits per heavy atom. The van der Waals surface area contributed by atoms with Crippen LogP contribution >= 0.6 is 0 Å². The lowest BCUT2D eigenvalue weighted by molar-refractivity contribution is -0.124. The highest BCUT2D eigenvalue weighted by atomic mass is 16.5. The number of ether oxygens (including phenoxy) is 1. The second-order valence-electron chi connectivity index (χ2n) is 5.69. The van der Waals surface area contributed by atoms with Gasteiger partial charge >= 0.3 is 0 Å². The molecule has 118 valence electrons. The molecule has 0 aromatic heterocycles. The molecular formula is C17H28N2O2. The zero-order valence-electron chi connectivity index (χ0n) is 13.4. The maximum Gasteiger partial charge on any atom is 0.237 e. The molecule has 4 heteroatoms. The highest BCUT2D eigenvalue weighted by Crippen LogP contribution is 2.18. The van der Waals surface area contributed by atoms with Gasteiger partial charge in [-0.3, -0.25) is 4.79 Å². The molecule has 0 fully saturated rings. The second-order valence-corrected chi connectivity index (χ2v) is 5.69. The monoisotopic (exact) mass is 292 g/mol. The number of nitrogens with two attached hydrogens (primary N) is 1. The molecule has 1 atom stereocenters. The largest absolute Gasteiger partial charge is 0.493 e. The number of rotatable bonds is 10. The van der Waals surface area contributed by atoms with E-state index in [0.717, 1.165) is 43.5 Å². The zero-order chi connectivity index (χ0) is 15.7. The van der Waals surface area contributed by atoms with Crippen molar-refractivity contribution >= 4 is 5.91 Å². The summed E-state index contributed by atoms with van der Waals surface area (Å²) < 4.78 is 5.76. The van der Waals surface area contributed by atoms with Gasteiger partial charge in [0, 0.05) is 0 Å². The van der Waals surface area contributed by atoms with Crippen molar-refractivity contribution in [2.24, 2.45) is 5.73 Å². The number of unbranched alkanes of at least 4 members (excludes halogenated alkanes) is 1. The third-order valence-corrected chi connectivity index (χ3v) is 3.73. The van der Waals surface area contributed by atoms with Gasteiger partial charge in [-0.05, 0) is 57.7 Å². The lowest BCUT2D eigenvalue weighted by Crippen LogP contribution is -2.53. The van der Waals surface area contributed by atoms with Gasteiger partial charge in [-0.2, -0.15) is 0 Å². The van der Waals surface area contributed by atoms with Crippen LogP contribution in [0.2, 0.25) is 0 Å². The molecule has 21 heavy (non-hydrogen) atoms. The van der Waals surface area contributed by atoms with E-state index in [2.05, 4.69) is 12.2 Å². The van der Waals surface area contributed by atoms with Crippen LogP contribution in [-0.4, -0.2) is 24.6 Å². The van der Waals surface area contributed by atoms with Gasteiger partial charge in [0.15, 0.2) is 0 Å². The number of aryl methyl sites for hydroxylation is 1. The predicted molar refractivity (Wildman–Crippen MR) is 86.4 cm³/mol. The van der Waals surface area contributed by atoms with Gasteiger partial charge in [0.05, 0.1) is 12.1 Å². The summed E-state index contributed by atoms with van der Waals surface area (Å²) in [5.74, 6) is 0.648. The number of primary amides is 1. The van der Waals surface area contributed by atoms with Crippen LogP contribution in [-0.2, 0) is 4.79 Å². The Morgan fingerprint density at radius 3 is 2.67 bits per heavy atom. The molecular weight excluding hydrogens is 264 g/mol. The number of hydrogen-bond donors (Lipinski definition) is 2. The van der Waals surface area contributed by atoms with Gasteiger partial charge < -0.3 is 15.8 Å². The quantitative estimate of drug-likeness (QED) is 0.652. The first kappa shape index (κ1) is 17.5. The van der Waals surface area contributed by atoms with Crippen molar-refractivity contribution < 1.29 is 9.53 Å². The summed E-state index contributed by atoms with van der Waals surface area (Å²) in [7, 11) is 0. The van der Waals surface area contributed by atoms with Gasteiger partial charge in [-0.1, -0.05) is 25.1 Å². The fourth-order valence-electron chi connectivity index (χ4n) is 2.18. The first-order valence-electron chi connectivity index (χ1n) is 7.73. The van der Waals surface area contributed by atoms with Crippen LogP contribution in [0.15, 0.2) is 24.3 Å². The summed E-state index contributed by atoms with van der Waals surface area (Å²) in [4.78, 5) is 11.6. The number of carbonyl (C=O) groups excluding carboxylic acids is 1. The van der Waals surface area contributed by atoms with Gasteiger partial charge in [0.25, 0.3) is 0 Å². The molecule has 1 amide bonds. The normalized spacial score (nSPS) is 13.7. The van der Waals surface area contributed by atoms with Gasteiger partial charge in [0.2, 0.25) is 5.91 Å². The smallest absolute Gasteiger partial charge is 0.237 e. The van der Waals surface area contributed by atoms with E-state index >= 15 is 0 Å². The van der Waals surface area contributed by atoms with E-state index in [1.807, 2.05) is 38.1 Å². The maximum atomic E-state index is 11.6. The lowest BCUT2D eigenvalue weighted by atomic mass is 9.94. The van der Waals surface area contributed by atoms with Crippen molar-refractivity contribution in [3.63, 3.8) is 0 Å². The molecule has 0 aliphatic heterocycles. The van der Waals surface area contributed by atoms with Gasteiger partial charge in [-0.25, -0.2) is 0 Å². The average molecular weight is 292 g/mol. The Morgan fingerprint density at radius 1 is 1.33 bits per heavy atom. The highest BCUT2D eigenvalue weighted by Gasteiger charge is 2.29. The van der Waals surface area contributed by atoms with E-state index in [1.54, 1.807) is 0 Å². The van der Waals surface area contributed by atoms with E-state index in [-0.39, 0.29) is 5.91 Å². The standard InChI is InChI=1S/C17H28N2O2/c1-4-12-19-17(3,16(18)20)11-7-8-13-21-15-10-6-5-9-14(15)2/h5-6,9-10,19H,4,7-8,11-13H2,1-3H3,(H2,18,20). The van der Waals surface area contributed by atoms with Crippen molar-refractivity contribution in [1.29, 1.82) is 0 Å². The van der Waals surface area contributed by atoms with Gasteiger partial charge in [-0.15, -0.1) is 0 Å². The van der Waals surface area contributed by atoms with E-state index in [4.69, 9.17) is 10.5 Å². The minimum Gasteiger partial charge on any atom is -0.493 e. The van der Waals surface area contributed by atoms with Crippen molar-refractivity contribution in [2.45, 2.75) is 52.0 Å². The number of amides is 1. The Labute approximate surface area is 128 Å². The molecule has 0 heterocycles. The summed E-state index contributed by atoms with van der Waals surface area (Å²) in [6.45, 7) is 7.46. The van der Waals surface area contributed by atoms with Crippen molar-refractivity contribution in [3.8, 4) is 5.75 Å². The van der Waals surface area contributed by atoms with Crippen LogP contribution in [0.1, 0.15) is 45.1 Å². The molecule has 1 aromatic rings. The summed E-state index contributed by atoms with van der Waals surface area (Å²) in [5, 5.41) is 3.25. The van der Waals surface area contributed by atoms with E-state index < -0.39 is 5.54 Å². The minimum atomic E-state index is -0.612. The van der Waals surface area contributed by atoms with E-state index in [1.165, 1.54) is 0 Å². The first-order chi connectivity index (χ1) is 9.99. The predicted octanol–water partition coefficient (Wildman–Crippen LogP) is 2.79. The summed E-state index contributed by atoms with van der Waals surface area (Å²) >= 11 is 0. The third kappa shape index (κ3) is 5.76. The maximum absolute atomic E-state index is 11.6. The Kier molecular flexibility index (Phi) is 7.23. The highest BCUT2D eigenvalue weighted by molar-refractivity contribution is 5.84. The minimum absolute atomic E-state index is 0.282. The summed E-state index contributed by atoms with van der Waals surface area (Å²) in [6.07, 6.45) is 3.53. The summed E-state index contributed by atoms with van der Waals surface area (Å²) in [6, 6.07) is 7.99. The van der Waals surface area contributed by atoms with Crippen LogP contribution in [0.4, 0.5) is 0 Å². The Hall–Kier alpha value is -1.55. The molecule has 0 aliphatic carbocycles. The van der Waals surface area contributed by atoms with Gasteiger partial charge in [0.1, 0.15) is 5.75 Å². The fraction of sp³-hybridized carbons (Fsp3) is 0.588. The van der Waals surface area contributed by atoms with Crippen molar-refractivity contribution in [3.05, 3.63) is 29.8 Å². The molecule has 0 bridgehead atoms. The molecule has 0 saturated carbocycles. The van der Waals surface area contributed by atoms with Crippen molar-refractivity contribution in [2.75, 3.05) is 13.2 Å². The SMILES string of the molecule is CCCNC(C)(CCCCOc1ccccc1C)C(N)=O. The number of carbonyl (C=O) groups is 1. The lowest BCUT2D eigenvalue weighted by Gasteiger charge is -2.27. The van der Waals surface area contributed by atoms with Crippen LogP contribution < -0.4 is 15.8 Å². The fourth-order valence-corrected chi connectivity index (χ4v) is 2.18. The van der Waals surface area contributed by atoms with E-state index in [9.17, 15) is 4.79 Å². The van der Waals surface area contributed by atoms with Crippen LogP contribution in [0, 0.1) is 6.92 Å². The topological polar surface area (TPSA) is 64.3 Å². The molecule has 0 aliphatic rings. The molecule has 1 rings (SSSR count). The van der Waals surface area contributed by atoms with E-state index in [0.29, 0.717) is 6.61 Å². The number of nitrogens with one attached hydrogen (secondary N) is 1. The second kappa shape index (κ2) is 8.67. The third-order valence-electron chi connectivity index (χ3n) is 3.73. The Balaban J connectivity index is 2.32. The summed E-state index contributed by atoms with van der Waals surface area (Å²) in [5.41, 5.74) is 6.03. The Bertz CT molecular complexity index is 448. The molecule has 0 saturated heterocycles. The molecule has 1 aromatic carbocycles. The first-order valence-corrected chi connectivity index (χ1v) is 7.73. The van der Waals surface area contributed by atoms with Crippen LogP contribution in [0.5, 0.6) is 5.75 Å². The molecule has 3 N–H and O–H groups in total. The number of hydrogen-bond acceptors (Lipinski definition) is 3. The molecule has 0 radical (unpaired) electrons. The number of benzene rings is 1. The van der Waals surface area contributed by atoms with Crippen LogP contribution in [0.3, 0.4) is 0 Å². The van der Waals surface area contributed by atoms with Crippen LogP contribution in [0.25, 0.3) is 0 Å². The molecule has 4 nitrogen and oxygen atoms in total.